The number of aromatic nitrogens is 2. The van der Waals surface area contributed by atoms with Crippen molar-refractivity contribution in [3.8, 4) is 11.1 Å². The van der Waals surface area contributed by atoms with Gasteiger partial charge in [-0.25, -0.2) is 4.98 Å². The van der Waals surface area contributed by atoms with Gasteiger partial charge in [0.25, 0.3) is 5.56 Å². The van der Waals surface area contributed by atoms with Crippen LogP contribution in [0.1, 0.15) is 64.9 Å². The van der Waals surface area contributed by atoms with Gasteiger partial charge in [-0.1, -0.05) is 58.9 Å². The Bertz CT molecular complexity index is 1090. The van der Waals surface area contributed by atoms with Crippen LogP contribution in [0, 0.1) is 0 Å². The van der Waals surface area contributed by atoms with Crippen molar-refractivity contribution >= 4 is 27.5 Å². The van der Waals surface area contributed by atoms with Crippen LogP contribution in [0.15, 0.2) is 34.4 Å². The van der Waals surface area contributed by atoms with Gasteiger partial charge in [0.1, 0.15) is 16.7 Å². The summed E-state index contributed by atoms with van der Waals surface area (Å²) in [5.74, 6) is 0.131. The number of carbonyl (C=O) groups excluding carboxylic acids is 1. The van der Waals surface area contributed by atoms with E-state index in [0.717, 1.165) is 17.5 Å². The molecule has 2 aromatic heterocycles. The summed E-state index contributed by atoms with van der Waals surface area (Å²) in [7, 11) is 0. The molecule has 0 fully saturated rings. The van der Waals surface area contributed by atoms with Gasteiger partial charge < -0.3 is 5.73 Å². The number of amides is 1. The van der Waals surface area contributed by atoms with E-state index < -0.39 is 11.9 Å². The lowest BCUT2D eigenvalue weighted by Gasteiger charge is -2.20. The van der Waals surface area contributed by atoms with Crippen molar-refractivity contribution in [3.05, 3.63) is 51.4 Å². The van der Waals surface area contributed by atoms with E-state index in [0.29, 0.717) is 28.9 Å². The summed E-state index contributed by atoms with van der Waals surface area (Å²) >= 11 is 1.47. The van der Waals surface area contributed by atoms with Crippen LogP contribution < -0.4 is 11.3 Å². The van der Waals surface area contributed by atoms with E-state index in [1.54, 1.807) is 0 Å². The van der Waals surface area contributed by atoms with Crippen LogP contribution in [-0.4, -0.2) is 15.5 Å². The largest absolute Gasteiger partial charge is 0.368 e. The molecular weight excluding hydrogens is 382 g/mol. The predicted octanol–water partition coefficient (Wildman–Crippen LogP) is 4.81. The fourth-order valence-corrected chi connectivity index (χ4v) is 4.60. The molecule has 0 saturated carbocycles. The van der Waals surface area contributed by atoms with Crippen LogP contribution in [0.3, 0.4) is 0 Å². The first-order valence-corrected chi connectivity index (χ1v) is 11.0. The molecule has 3 aromatic rings. The summed E-state index contributed by atoms with van der Waals surface area (Å²) in [5.41, 5.74) is 8.57. The molecule has 2 heterocycles. The molecule has 29 heavy (non-hydrogen) atoms. The lowest BCUT2D eigenvalue weighted by atomic mass is 9.86. The number of nitrogens with zero attached hydrogens (tertiary/aromatic N) is 2. The molecule has 0 bridgehead atoms. The number of aryl methyl sites for hydroxylation is 1. The lowest BCUT2D eigenvalue weighted by Crippen LogP contribution is -2.36. The van der Waals surface area contributed by atoms with Crippen molar-refractivity contribution in [1.82, 2.24) is 9.55 Å². The average molecular weight is 412 g/mol. The Morgan fingerprint density at radius 3 is 2.38 bits per heavy atom. The molecular formula is C23H29N3O2S. The van der Waals surface area contributed by atoms with Gasteiger partial charge in [0.15, 0.2) is 0 Å². The molecule has 0 spiro atoms. The number of carbonyl (C=O) groups is 1. The molecule has 0 saturated heterocycles. The second kappa shape index (κ2) is 8.11. The zero-order valence-electron chi connectivity index (χ0n) is 17.8. The van der Waals surface area contributed by atoms with Gasteiger partial charge in [0.2, 0.25) is 5.91 Å². The molecule has 2 N–H and O–H groups in total. The number of nitrogens with two attached hydrogens (primary N) is 1. The molecule has 0 aliphatic carbocycles. The average Bonchev–Trinajstić information content (AvgIpc) is 3.08. The smallest absolute Gasteiger partial charge is 0.263 e. The van der Waals surface area contributed by atoms with Gasteiger partial charge in [0, 0.05) is 17.4 Å². The first-order chi connectivity index (χ1) is 13.7. The summed E-state index contributed by atoms with van der Waals surface area (Å²) < 4.78 is 1.52. The fourth-order valence-electron chi connectivity index (χ4n) is 3.64. The van der Waals surface area contributed by atoms with Gasteiger partial charge in [-0.3, -0.25) is 14.2 Å². The molecule has 1 aromatic carbocycles. The highest BCUT2D eigenvalue weighted by Crippen LogP contribution is 2.33. The Morgan fingerprint density at radius 2 is 1.86 bits per heavy atom. The number of thiophene rings is 1. The molecule has 1 amide bonds. The molecule has 154 valence electrons. The van der Waals surface area contributed by atoms with Crippen molar-refractivity contribution in [2.45, 2.75) is 65.3 Å². The van der Waals surface area contributed by atoms with Crippen molar-refractivity contribution in [2.24, 2.45) is 5.73 Å². The second-order valence-electron chi connectivity index (χ2n) is 8.44. The minimum absolute atomic E-state index is 0.0639. The Hall–Kier alpha value is -2.47. The van der Waals surface area contributed by atoms with Crippen LogP contribution in [0.2, 0.25) is 0 Å². The van der Waals surface area contributed by atoms with Gasteiger partial charge in [-0.05, 0) is 29.4 Å². The van der Waals surface area contributed by atoms with Crippen molar-refractivity contribution in [2.75, 3.05) is 0 Å². The Labute approximate surface area is 175 Å². The lowest BCUT2D eigenvalue weighted by molar-refractivity contribution is -0.121. The van der Waals surface area contributed by atoms with E-state index in [4.69, 9.17) is 10.7 Å². The molecule has 3 rings (SSSR count). The zero-order valence-corrected chi connectivity index (χ0v) is 18.6. The maximum absolute atomic E-state index is 13.5. The van der Waals surface area contributed by atoms with Gasteiger partial charge >= 0.3 is 0 Å². The highest BCUT2D eigenvalue weighted by atomic mass is 32.1. The van der Waals surface area contributed by atoms with E-state index in [2.05, 4.69) is 45.0 Å². The van der Waals surface area contributed by atoms with Crippen LogP contribution in [0.5, 0.6) is 0 Å². The van der Waals surface area contributed by atoms with E-state index in [-0.39, 0.29) is 11.0 Å². The second-order valence-corrected chi connectivity index (χ2v) is 9.29. The summed E-state index contributed by atoms with van der Waals surface area (Å²) in [4.78, 5) is 31.0. The van der Waals surface area contributed by atoms with Gasteiger partial charge in [-0.2, -0.15) is 0 Å². The predicted molar refractivity (Wildman–Crippen MR) is 121 cm³/mol. The standard InChI is InChI=1S/C23H29N3O2S/c1-6-8-18-25-21-19(22(28)26(18)17(7-2)20(24)27)16(13-29-21)14-9-11-15(12-10-14)23(3,4)5/h9-13,17H,6-8H2,1-5H3,(H2,24,27). The molecule has 0 radical (unpaired) electrons. The number of hydrogen-bond acceptors (Lipinski definition) is 4. The highest BCUT2D eigenvalue weighted by Gasteiger charge is 2.24. The third-order valence-electron chi connectivity index (χ3n) is 5.28. The molecule has 5 nitrogen and oxygen atoms in total. The third kappa shape index (κ3) is 3.99. The van der Waals surface area contributed by atoms with Crippen LogP contribution >= 0.6 is 11.3 Å². The van der Waals surface area contributed by atoms with E-state index in [1.807, 2.05) is 19.2 Å². The van der Waals surface area contributed by atoms with Crippen molar-refractivity contribution in [3.63, 3.8) is 0 Å². The quantitative estimate of drug-likeness (QED) is 0.632. The Morgan fingerprint density at radius 1 is 1.21 bits per heavy atom. The summed E-state index contributed by atoms with van der Waals surface area (Å²) in [6.07, 6.45) is 1.92. The van der Waals surface area contributed by atoms with E-state index in [9.17, 15) is 9.59 Å². The topological polar surface area (TPSA) is 78.0 Å². The van der Waals surface area contributed by atoms with Gasteiger partial charge in [0.05, 0.1) is 5.39 Å². The molecule has 0 aliphatic heterocycles. The maximum atomic E-state index is 13.5. The van der Waals surface area contributed by atoms with Crippen molar-refractivity contribution in [1.29, 1.82) is 0 Å². The Balaban J connectivity index is 2.24. The van der Waals surface area contributed by atoms with Crippen LogP contribution in [0.4, 0.5) is 0 Å². The van der Waals surface area contributed by atoms with Gasteiger partial charge in [-0.15, -0.1) is 11.3 Å². The van der Waals surface area contributed by atoms with E-state index >= 15 is 0 Å². The molecule has 1 atom stereocenters. The minimum Gasteiger partial charge on any atom is -0.368 e. The first-order valence-electron chi connectivity index (χ1n) is 10.1. The summed E-state index contributed by atoms with van der Waals surface area (Å²) in [6, 6.07) is 7.63. The Kier molecular flexibility index (Phi) is 5.94. The molecule has 6 heteroatoms. The minimum atomic E-state index is -0.683. The van der Waals surface area contributed by atoms with Crippen LogP contribution in [0.25, 0.3) is 21.3 Å². The SMILES string of the molecule is CCCc1nc2scc(-c3ccc(C(C)(C)C)cc3)c2c(=O)n1C(CC)C(N)=O. The number of benzene rings is 1. The number of fused-ring (bicyclic) bond motifs is 1. The normalized spacial score (nSPS) is 13.0. The van der Waals surface area contributed by atoms with Crippen LogP contribution in [-0.2, 0) is 16.6 Å². The van der Waals surface area contributed by atoms with Crippen molar-refractivity contribution < 1.29 is 4.79 Å². The maximum Gasteiger partial charge on any atom is 0.263 e. The molecule has 0 aliphatic rings. The zero-order chi connectivity index (χ0) is 21.3. The monoisotopic (exact) mass is 411 g/mol. The number of hydrogen-bond donors (Lipinski definition) is 1. The summed E-state index contributed by atoms with van der Waals surface area (Å²) in [5, 5.41) is 2.55. The summed E-state index contributed by atoms with van der Waals surface area (Å²) in [6.45, 7) is 10.4. The highest BCUT2D eigenvalue weighted by molar-refractivity contribution is 7.17. The number of primary amides is 1. The third-order valence-corrected chi connectivity index (χ3v) is 6.15. The first kappa shape index (κ1) is 21.2. The fraction of sp³-hybridized carbons (Fsp3) is 0.435. The molecule has 1 unspecified atom stereocenters. The number of rotatable bonds is 6. The van der Waals surface area contributed by atoms with E-state index in [1.165, 1.54) is 21.5 Å².